The molecule has 1 aromatic carbocycles. The molecule has 6 nitrogen and oxygen atoms in total. The Morgan fingerprint density at radius 2 is 2.00 bits per heavy atom. The van der Waals surface area contributed by atoms with Crippen LogP contribution in [0.1, 0.15) is 22.4 Å². The van der Waals surface area contributed by atoms with Gasteiger partial charge in [-0.25, -0.2) is 0 Å². The van der Waals surface area contributed by atoms with E-state index in [1.54, 1.807) is 0 Å². The number of hydrogen-bond donors (Lipinski definition) is 1. The lowest BCUT2D eigenvalue weighted by Crippen LogP contribution is -2.37. The Hall–Kier alpha value is -2.25. The van der Waals surface area contributed by atoms with E-state index in [0.29, 0.717) is 0 Å². The number of ether oxygens (including phenoxy) is 1. The van der Waals surface area contributed by atoms with Gasteiger partial charge in [0.25, 0.3) is 0 Å². The first-order valence-electron chi connectivity index (χ1n) is 7.19. The molecule has 1 aromatic heterocycles. The van der Waals surface area contributed by atoms with E-state index in [1.165, 1.54) is 18.4 Å². The second-order valence-corrected chi connectivity index (χ2v) is 6.35. The Balaban J connectivity index is 2.06. The van der Waals surface area contributed by atoms with Crippen LogP contribution in [0.4, 0.5) is 0 Å². The van der Waals surface area contributed by atoms with Crippen molar-refractivity contribution < 1.29 is 14.5 Å². The number of thiophene rings is 1. The van der Waals surface area contributed by atoms with Crippen molar-refractivity contribution >= 4 is 17.3 Å². The van der Waals surface area contributed by atoms with Crippen LogP contribution in [-0.2, 0) is 9.53 Å². The number of nitrogens with one attached hydrogen (secondary N) is 1. The maximum Gasteiger partial charge on any atom is 0.323 e. The van der Waals surface area contributed by atoms with Crippen LogP contribution in [-0.4, -0.2) is 30.1 Å². The largest absolute Gasteiger partial charge is 0.468 e. The number of carbonyl (C=O) groups is 1. The number of hydrogen-bond acceptors (Lipinski definition) is 6. The second-order valence-electron chi connectivity index (χ2n) is 5.37. The van der Waals surface area contributed by atoms with Crippen molar-refractivity contribution in [1.29, 1.82) is 0 Å². The Morgan fingerprint density at radius 3 is 2.57 bits per heavy atom. The van der Waals surface area contributed by atoms with E-state index in [9.17, 15) is 14.9 Å². The Bertz CT molecular complexity index is 689. The highest BCUT2D eigenvalue weighted by Gasteiger charge is 2.55. The van der Waals surface area contributed by atoms with Crippen molar-refractivity contribution in [3.8, 4) is 0 Å². The van der Waals surface area contributed by atoms with E-state index in [-0.39, 0.29) is 4.92 Å². The monoisotopic (exact) mass is 332 g/mol. The number of carbonyl (C=O) groups excluding carboxylic acids is 1. The molecule has 0 amide bonds. The molecule has 0 spiro atoms. The fraction of sp³-hybridized carbons (Fsp3) is 0.312. The lowest BCUT2D eigenvalue weighted by molar-refractivity contribution is -0.527. The maximum atomic E-state index is 12.2. The molecule has 2 aromatic rings. The van der Waals surface area contributed by atoms with E-state index in [2.05, 4.69) is 5.32 Å². The zero-order chi connectivity index (χ0) is 16.4. The van der Waals surface area contributed by atoms with E-state index in [1.807, 2.05) is 47.8 Å². The second kappa shape index (κ2) is 6.47. The molecular weight excluding hydrogens is 316 g/mol. The van der Waals surface area contributed by atoms with Crippen LogP contribution in [0.15, 0.2) is 47.8 Å². The fourth-order valence-electron chi connectivity index (χ4n) is 3.18. The molecule has 1 aliphatic heterocycles. The third-order valence-electron chi connectivity index (χ3n) is 4.16. The van der Waals surface area contributed by atoms with Gasteiger partial charge in [0.15, 0.2) is 0 Å². The first-order chi connectivity index (χ1) is 11.1. The van der Waals surface area contributed by atoms with Crippen LogP contribution >= 0.6 is 11.3 Å². The molecule has 0 bridgehead atoms. The van der Waals surface area contributed by atoms with Crippen molar-refractivity contribution in [2.24, 2.45) is 0 Å². The molecule has 0 radical (unpaired) electrons. The SMILES string of the molecule is COC(=O)[C@@H]1N[C@H](c2cccs2)[C@H]([N+](=O)[O-])[C@H]1c1ccccc1. The first-order valence-corrected chi connectivity index (χ1v) is 8.07. The number of esters is 1. The molecule has 1 fully saturated rings. The predicted molar refractivity (Wildman–Crippen MR) is 86.0 cm³/mol. The van der Waals surface area contributed by atoms with E-state index >= 15 is 0 Å². The van der Waals surface area contributed by atoms with Crippen LogP contribution in [0.2, 0.25) is 0 Å². The highest BCUT2D eigenvalue weighted by molar-refractivity contribution is 7.10. The molecule has 2 heterocycles. The van der Waals surface area contributed by atoms with Gasteiger partial charge in [0.05, 0.1) is 13.0 Å². The van der Waals surface area contributed by atoms with Crippen molar-refractivity contribution in [1.82, 2.24) is 5.32 Å². The summed E-state index contributed by atoms with van der Waals surface area (Å²) < 4.78 is 4.86. The standard InChI is InChI=1S/C16H16N2O4S/c1-22-16(19)14-12(10-6-3-2-4-7-10)15(18(20)21)13(17-14)11-8-5-9-23-11/h2-9,12-15,17H,1H3/t12-,13+,14+,15+/m0/s1. The Kier molecular flexibility index (Phi) is 4.40. The van der Waals surface area contributed by atoms with E-state index in [0.717, 1.165) is 10.4 Å². The van der Waals surface area contributed by atoms with Gasteiger partial charge < -0.3 is 4.74 Å². The Labute approximate surface area is 137 Å². The minimum Gasteiger partial charge on any atom is -0.468 e. The predicted octanol–water partition coefficient (Wildman–Crippen LogP) is 2.36. The number of nitrogens with zero attached hydrogens (tertiary/aromatic N) is 1. The van der Waals surface area contributed by atoms with Crippen molar-refractivity contribution in [2.75, 3.05) is 7.11 Å². The van der Waals surface area contributed by atoms with Crippen molar-refractivity contribution in [3.63, 3.8) is 0 Å². The summed E-state index contributed by atoms with van der Waals surface area (Å²) in [6.07, 6.45) is 0. The molecular formula is C16H16N2O4S. The van der Waals surface area contributed by atoms with Crippen LogP contribution < -0.4 is 5.32 Å². The molecule has 4 atom stereocenters. The molecule has 1 aliphatic rings. The molecule has 0 aliphatic carbocycles. The topological polar surface area (TPSA) is 81.5 Å². The average Bonchev–Trinajstić information content (AvgIpc) is 3.21. The molecule has 1 N–H and O–H groups in total. The fourth-order valence-corrected chi connectivity index (χ4v) is 4.00. The van der Waals surface area contributed by atoms with E-state index < -0.39 is 30.0 Å². The highest BCUT2D eigenvalue weighted by atomic mass is 32.1. The summed E-state index contributed by atoms with van der Waals surface area (Å²) in [5.74, 6) is -1.06. The quantitative estimate of drug-likeness (QED) is 0.528. The minimum absolute atomic E-state index is 0.294. The molecule has 7 heteroatoms. The summed E-state index contributed by atoms with van der Waals surface area (Å²) in [5.41, 5.74) is 0.760. The average molecular weight is 332 g/mol. The minimum atomic E-state index is -0.930. The van der Waals surface area contributed by atoms with Gasteiger partial charge in [-0.3, -0.25) is 20.2 Å². The maximum absolute atomic E-state index is 12.2. The third-order valence-corrected chi connectivity index (χ3v) is 5.12. The molecule has 0 unspecified atom stereocenters. The number of nitro groups is 1. The molecule has 1 saturated heterocycles. The van der Waals surface area contributed by atoms with Gasteiger partial charge >= 0.3 is 5.97 Å². The summed E-state index contributed by atoms with van der Waals surface area (Å²) in [6, 6.07) is 10.6. The lowest BCUT2D eigenvalue weighted by Gasteiger charge is -2.18. The molecule has 0 saturated carbocycles. The van der Waals surface area contributed by atoms with Gasteiger partial charge in [0.1, 0.15) is 12.1 Å². The summed E-state index contributed by atoms with van der Waals surface area (Å²) in [6.45, 7) is 0. The van der Waals surface area contributed by atoms with E-state index in [4.69, 9.17) is 4.74 Å². The number of methoxy groups -OCH3 is 1. The van der Waals surface area contributed by atoms with Gasteiger partial charge in [0.2, 0.25) is 6.04 Å². The number of rotatable bonds is 4. The summed E-state index contributed by atoms with van der Waals surface area (Å²) >= 11 is 1.44. The van der Waals surface area contributed by atoms with Crippen LogP contribution in [0, 0.1) is 10.1 Å². The van der Waals surface area contributed by atoms with Gasteiger partial charge in [-0.2, -0.15) is 0 Å². The zero-order valence-electron chi connectivity index (χ0n) is 12.4. The Morgan fingerprint density at radius 1 is 1.26 bits per heavy atom. The summed E-state index contributed by atoms with van der Waals surface area (Å²) in [5, 5.41) is 16.8. The van der Waals surface area contributed by atoms with Crippen LogP contribution in [0.5, 0.6) is 0 Å². The van der Waals surface area contributed by atoms with Gasteiger partial charge in [-0.1, -0.05) is 36.4 Å². The molecule has 120 valence electrons. The molecule has 3 rings (SSSR count). The smallest absolute Gasteiger partial charge is 0.323 e. The van der Waals surface area contributed by atoms with Gasteiger partial charge in [0, 0.05) is 9.80 Å². The summed E-state index contributed by atoms with van der Waals surface area (Å²) in [7, 11) is 1.30. The normalized spacial score (nSPS) is 26.8. The van der Waals surface area contributed by atoms with Gasteiger partial charge in [-0.15, -0.1) is 11.3 Å². The first kappa shape index (κ1) is 15.6. The van der Waals surface area contributed by atoms with Crippen LogP contribution in [0.25, 0.3) is 0 Å². The van der Waals surface area contributed by atoms with Gasteiger partial charge in [-0.05, 0) is 17.0 Å². The number of benzene rings is 1. The third kappa shape index (κ3) is 2.85. The molecule has 23 heavy (non-hydrogen) atoms. The zero-order valence-corrected chi connectivity index (χ0v) is 13.2. The highest BCUT2D eigenvalue weighted by Crippen LogP contribution is 2.41. The lowest BCUT2D eigenvalue weighted by atomic mass is 9.86. The van der Waals surface area contributed by atoms with Crippen molar-refractivity contribution in [2.45, 2.75) is 24.0 Å². The van der Waals surface area contributed by atoms with Crippen LogP contribution in [0.3, 0.4) is 0 Å². The van der Waals surface area contributed by atoms with Crippen molar-refractivity contribution in [3.05, 3.63) is 68.4 Å². The summed E-state index contributed by atoms with van der Waals surface area (Å²) in [4.78, 5) is 24.5.